The van der Waals surface area contributed by atoms with Crippen molar-refractivity contribution in [3.05, 3.63) is 40.6 Å². The van der Waals surface area contributed by atoms with Gasteiger partial charge in [0, 0.05) is 17.8 Å². The third kappa shape index (κ3) is 2.48. The van der Waals surface area contributed by atoms with E-state index in [1.165, 1.54) is 0 Å². The summed E-state index contributed by atoms with van der Waals surface area (Å²) in [4.78, 5) is 0.328. The van der Waals surface area contributed by atoms with Gasteiger partial charge in [-0.25, -0.2) is 4.68 Å². The van der Waals surface area contributed by atoms with Gasteiger partial charge in [0.25, 0.3) is 0 Å². The van der Waals surface area contributed by atoms with Crippen LogP contribution in [0.3, 0.4) is 0 Å². The maximum atomic E-state index is 5.69. The first-order valence-corrected chi connectivity index (χ1v) is 6.00. The fraction of sp³-hybridized carbons (Fsp3) is 0.0909. The highest BCUT2D eigenvalue weighted by molar-refractivity contribution is 9.10. The van der Waals surface area contributed by atoms with Gasteiger partial charge in [0.15, 0.2) is 0 Å². The fourth-order valence-electron chi connectivity index (χ4n) is 1.47. The summed E-state index contributed by atoms with van der Waals surface area (Å²) in [5.74, 6) is 0.728. The van der Waals surface area contributed by atoms with Crippen LogP contribution in [-0.2, 0) is 0 Å². The molecule has 0 unspecified atom stereocenters. The summed E-state index contributed by atoms with van der Waals surface area (Å²) in [6.45, 7) is 0. The third-order valence-electron chi connectivity index (χ3n) is 2.27. The Morgan fingerprint density at radius 2 is 2.29 bits per heavy atom. The predicted octanol–water partition coefficient (Wildman–Crippen LogP) is 2.28. The molecule has 2 rings (SSSR count). The highest BCUT2D eigenvalue weighted by Gasteiger charge is 2.09. The van der Waals surface area contributed by atoms with E-state index in [0.717, 1.165) is 21.5 Å². The summed E-state index contributed by atoms with van der Waals surface area (Å²) in [7, 11) is 1.61. The van der Waals surface area contributed by atoms with Gasteiger partial charge in [0.05, 0.1) is 23.5 Å². The number of benzene rings is 1. The molecule has 0 atom stereocenters. The van der Waals surface area contributed by atoms with Crippen molar-refractivity contribution < 1.29 is 4.74 Å². The quantitative estimate of drug-likeness (QED) is 0.884. The first kappa shape index (κ1) is 12.1. The first-order chi connectivity index (χ1) is 8.11. The van der Waals surface area contributed by atoms with Crippen molar-refractivity contribution >= 4 is 33.1 Å². The van der Waals surface area contributed by atoms with E-state index < -0.39 is 0 Å². The Labute approximate surface area is 113 Å². The Kier molecular flexibility index (Phi) is 3.44. The van der Waals surface area contributed by atoms with Gasteiger partial charge in [0.2, 0.25) is 0 Å². The molecular formula is C11H10BrN3OS. The van der Waals surface area contributed by atoms with Crippen molar-refractivity contribution in [1.82, 2.24) is 9.78 Å². The van der Waals surface area contributed by atoms with E-state index in [4.69, 9.17) is 22.7 Å². The van der Waals surface area contributed by atoms with Crippen molar-refractivity contribution in [3.63, 3.8) is 0 Å². The second-order valence-corrected chi connectivity index (χ2v) is 4.71. The molecule has 1 aromatic heterocycles. The van der Waals surface area contributed by atoms with Gasteiger partial charge in [-0.3, -0.25) is 0 Å². The number of ether oxygens (including phenoxy) is 1. The number of aromatic nitrogens is 2. The lowest BCUT2D eigenvalue weighted by molar-refractivity contribution is 0.414. The molecule has 1 aromatic carbocycles. The van der Waals surface area contributed by atoms with Crippen LogP contribution in [0.25, 0.3) is 5.69 Å². The molecule has 0 fully saturated rings. The predicted molar refractivity (Wildman–Crippen MR) is 73.7 cm³/mol. The molecule has 0 radical (unpaired) electrons. The molecule has 0 amide bonds. The maximum absolute atomic E-state index is 5.69. The molecule has 2 N–H and O–H groups in total. The standard InChI is InChI=1S/C11H10BrN3OS/c1-16-8-2-3-9(11(13)17)10(4-8)15-6-7(12)5-14-15/h2-6H,1H3,(H2,13,17). The van der Waals surface area contributed by atoms with Crippen LogP contribution in [0.15, 0.2) is 35.1 Å². The molecule has 88 valence electrons. The number of nitrogens with two attached hydrogens (primary N) is 1. The number of hydrogen-bond acceptors (Lipinski definition) is 3. The molecule has 2 aromatic rings. The number of rotatable bonds is 3. The van der Waals surface area contributed by atoms with Crippen LogP contribution in [0.4, 0.5) is 0 Å². The average Bonchev–Trinajstić information content (AvgIpc) is 2.75. The van der Waals surface area contributed by atoms with Crippen molar-refractivity contribution in [3.8, 4) is 11.4 Å². The van der Waals surface area contributed by atoms with Crippen molar-refractivity contribution in [2.24, 2.45) is 5.73 Å². The Hall–Kier alpha value is -1.40. The molecule has 6 heteroatoms. The van der Waals surface area contributed by atoms with E-state index in [1.807, 2.05) is 24.4 Å². The zero-order valence-electron chi connectivity index (χ0n) is 9.05. The Bertz CT molecular complexity index is 568. The smallest absolute Gasteiger partial charge is 0.121 e. The lowest BCUT2D eigenvalue weighted by Crippen LogP contribution is -2.13. The highest BCUT2D eigenvalue weighted by atomic mass is 79.9. The Morgan fingerprint density at radius 1 is 1.53 bits per heavy atom. The normalized spacial score (nSPS) is 10.2. The SMILES string of the molecule is COc1ccc(C(N)=S)c(-n2cc(Br)cn2)c1. The highest BCUT2D eigenvalue weighted by Crippen LogP contribution is 2.22. The first-order valence-electron chi connectivity index (χ1n) is 4.80. The van der Waals surface area contributed by atoms with E-state index in [9.17, 15) is 0 Å². The van der Waals surface area contributed by atoms with Gasteiger partial charge >= 0.3 is 0 Å². The van der Waals surface area contributed by atoms with Gasteiger partial charge in [-0.2, -0.15) is 5.10 Å². The molecular weight excluding hydrogens is 302 g/mol. The van der Waals surface area contributed by atoms with Crippen LogP contribution in [0.2, 0.25) is 0 Å². The zero-order valence-corrected chi connectivity index (χ0v) is 11.5. The number of methoxy groups -OCH3 is 1. The Morgan fingerprint density at radius 3 is 2.82 bits per heavy atom. The number of hydrogen-bond donors (Lipinski definition) is 1. The van der Waals surface area contributed by atoms with Gasteiger partial charge in [-0.05, 0) is 28.1 Å². The minimum absolute atomic E-state index is 0.328. The second kappa shape index (κ2) is 4.85. The largest absolute Gasteiger partial charge is 0.497 e. The topological polar surface area (TPSA) is 53.1 Å². The van der Waals surface area contributed by atoms with Gasteiger partial charge < -0.3 is 10.5 Å². The summed E-state index contributed by atoms with van der Waals surface area (Å²) in [6.07, 6.45) is 3.53. The minimum Gasteiger partial charge on any atom is -0.497 e. The lowest BCUT2D eigenvalue weighted by Gasteiger charge is -2.10. The van der Waals surface area contributed by atoms with E-state index >= 15 is 0 Å². The summed E-state index contributed by atoms with van der Waals surface area (Å²) in [5.41, 5.74) is 7.24. The van der Waals surface area contributed by atoms with E-state index in [2.05, 4.69) is 21.0 Å². The fourth-order valence-corrected chi connectivity index (χ4v) is 1.93. The molecule has 4 nitrogen and oxygen atoms in total. The van der Waals surface area contributed by atoms with Gasteiger partial charge in [0.1, 0.15) is 10.7 Å². The van der Waals surface area contributed by atoms with Crippen LogP contribution in [0.1, 0.15) is 5.56 Å². The van der Waals surface area contributed by atoms with Crippen molar-refractivity contribution in [1.29, 1.82) is 0 Å². The molecule has 0 saturated heterocycles. The van der Waals surface area contributed by atoms with Gasteiger partial charge in [-0.15, -0.1) is 0 Å². The number of halogens is 1. The molecule has 0 spiro atoms. The molecule has 0 bridgehead atoms. The van der Waals surface area contributed by atoms with Gasteiger partial charge in [-0.1, -0.05) is 12.2 Å². The average molecular weight is 312 g/mol. The van der Waals surface area contributed by atoms with Crippen LogP contribution < -0.4 is 10.5 Å². The Balaban J connectivity index is 2.60. The van der Waals surface area contributed by atoms with E-state index in [1.54, 1.807) is 18.0 Å². The summed E-state index contributed by atoms with van der Waals surface area (Å²) in [6, 6.07) is 5.48. The van der Waals surface area contributed by atoms with Crippen LogP contribution in [0.5, 0.6) is 5.75 Å². The monoisotopic (exact) mass is 311 g/mol. The molecule has 0 aliphatic rings. The zero-order chi connectivity index (χ0) is 12.4. The third-order valence-corrected chi connectivity index (χ3v) is 2.90. The molecule has 1 heterocycles. The van der Waals surface area contributed by atoms with Crippen LogP contribution in [-0.4, -0.2) is 21.9 Å². The number of nitrogens with zero attached hydrogens (tertiary/aromatic N) is 2. The number of thiocarbonyl (C=S) groups is 1. The van der Waals surface area contributed by atoms with Crippen LogP contribution in [0, 0.1) is 0 Å². The molecule has 0 aliphatic carbocycles. The van der Waals surface area contributed by atoms with E-state index in [0.29, 0.717) is 4.99 Å². The molecule has 17 heavy (non-hydrogen) atoms. The summed E-state index contributed by atoms with van der Waals surface area (Å²) in [5, 5.41) is 4.20. The van der Waals surface area contributed by atoms with Crippen molar-refractivity contribution in [2.45, 2.75) is 0 Å². The maximum Gasteiger partial charge on any atom is 0.121 e. The van der Waals surface area contributed by atoms with Crippen molar-refractivity contribution in [2.75, 3.05) is 7.11 Å². The summed E-state index contributed by atoms with van der Waals surface area (Å²) >= 11 is 8.37. The second-order valence-electron chi connectivity index (χ2n) is 3.35. The summed E-state index contributed by atoms with van der Waals surface area (Å²) < 4.78 is 7.76. The minimum atomic E-state index is 0.328. The van der Waals surface area contributed by atoms with Crippen LogP contribution >= 0.6 is 28.1 Å². The molecule has 0 aliphatic heterocycles. The molecule has 0 saturated carbocycles. The lowest BCUT2D eigenvalue weighted by atomic mass is 10.1. The van der Waals surface area contributed by atoms with E-state index in [-0.39, 0.29) is 0 Å².